The number of allylic oxidation sites excluding steroid dienone is 5. The molecule has 2 heteroatoms. The van der Waals surface area contributed by atoms with Gasteiger partial charge in [-0.15, -0.1) is 0 Å². The average Bonchev–Trinajstić information content (AvgIpc) is 3.54. The second-order valence-corrected chi connectivity index (χ2v) is 12.0. The summed E-state index contributed by atoms with van der Waals surface area (Å²) >= 11 is 0. The zero-order valence-electron chi connectivity index (χ0n) is 26.6. The summed E-state index contributed by atoms with van der Waals surface area (Å²) < 4.78 is 2.36. The number of fused-ring (bicyclic) bond motifs is 7. The van der Waals surface area contributed by atoms with Crippen LogP contribution in [0.15, 0.2) is 164 Å². The lowest BCUT2D eigenvalue weighted by atomic mass is 9.94. The predicted molar refractivity (Wildman–Crippen MR) is 202 cm³/mol. The van der Waals surface area contributed by atoms with Crippen LogP contribution in [0, 0.1) is 6.92 Å². The molecule has 0 amide bonds. The fraction of sp³-hybridized carbons (Fsp3) is 0.0444. The molecule has 0 unspecified atom stereocenters. The van der Waals surface area contributed by atoms with E-state index in [1.54, 1.807) is 0 Å². The molecule has 6 aromatic carbocycles. The quantitative estimate of drug-likeness (QED) is 0.137. The Labute approximate surface area is 275 Å². The highest BCUT2D eigenvalue weighted by molar-refractivity contribution is 6.14. The van der Waals surface area contributed by atoms with Gasteiger partial charge in [0.25, 0.3) is 0 Å². The number of benzene rings is 6. The van der Waals surface area contributed by atoms with E-state index in [2.05, 4.69) is 169 Å². The SMILES string of the molecule is C\C=C/C=C/C=C\c1ccc2ccc(-c3ccc4c(c3)c3ccccc3n3c(-c5ccccc5)c(-c5ccccc5)nc43)cc2c1C. The van der Waals surface area contributed by atoms with E-state index in [0.29, 0.717) is 0 Å². The van der Waals surface area contributed by atoms with Gasteiger partial charge in [0, 0.05) is 21.9 Å². The number of aromatic nitrogens is 2. The summed E-state index contributed by atoms with van der Waals surface area (Å²) in [6, 6.07) is 48.0. The summed E-state index contributed by atoms with van der Waals surface area (Å²) in [7, 11) is 0. The normalized spacial score (nSPS) is 12.2. The summed E-state index contributed by atoms with van der Waals surface area (Å²) in [4.78, 5) is 5.39. The van der Waals surface area contributed by atoms with Crippen LogP contribution in [0.3, 0.4) is 0 Å². The fourth-order valence-electron chi connectivity index (χ4n) is 6.78. The van der Waals surface area contributed by atoms with Crippen LogP contribution in [-0.4, -0.2) is 9.38 Å². The van der Waals surface area contributed by atoms with Crippen molar-refractivity contribution in [2.75, 3.05) is 0 Å². The van der Waals surface area contributed by atoms with Crippen LogP contribution in [0.2, 0.25) is 0 Å². The molecule has 2 heterocycles. The number of para-hydroxylation sites is 1. The van der Waals surface area contributed by atoms with Crippen molar-refractivity contribution in [3.63, 3.8) is 0 Å². The summed E-state index contributed by atoms with van der Waals surface area (Å²) in [5.41, 5.74) is 11.4. The van der Waals surface area contributed by atoms with E-state index in [1.165, 1.54) is 43.8 Å². The van der Waals surface area contributed by atoms with Gasteiger partial charge in [-0.2, -0.15) is 0 Å². The zero-order chi connectivity index (χ0) is 31.7. The third kappa shape index (κ3) is 5.05. The van der Waals surface area contributed by atoms with Crippen molar-refractivity contribution in [3.8, 4) is 33.6 Å². The van der Waals surface area contributed by atoms with Gasteiger partial charge in [0.1, 0.15) is 5.65 Å². The van der Waals surface area contributed by atoms with Crippen molar-refractivity contribution < 1.29 is 0 Å². The predicted octanol–water partition coefficient (Wildman–Crippen LogP) is 12.2. The molecule has 0 radical (unpaired) electrons. The molecule has 47 heavy (non-hydrogen) atoms. The van der Waals surface area contributed by atoms with Gasteiger partial charge in [-0.3, -0.25) is 4.40 Å². The summed E-state index contributed by atoms with van der Waals surface area (Å²) in [6.07, 6.45) is 12.5. The molecule has 0 saturated heterocycles. The molecule has 0 fully saturated rings. The molecule has 224 valence electrons. The number of pyridine rings is 1. The third-order valence-corrected chi connectivity index (χ3v) is 9.14. The van der Waals surface area contributed by atoms with Crippen LogP contribution in [0.5, 0.6) is 0 Å². The number of aryl methyl sites for hydroxylation is 1. The molecule has 8 aromatic rings. The van der Waals surface area contributed by atoms with Gasteiger partial charge in [0.05, 0.1) is 16.9 Å². The highest BCUT2D eigenvalue weighted by atomic mass is 15.0. The maximum absolute atomic E-state index is 5.39. The van der Waals surface area contributed by atoms with E-state index in [1.807, 2.05) is 19.1 Å². The molecule has 0 atom stereocenters. The van der Waals surface area contributed by atoms with Gasteiger partial charge in [-0.25, -0.2) is 4.98 Å². The zero-order valence-corrected chi connectivity index (χ0v) is 26.6. The van der Waals surface area contributed by atoms with E-state index < -0.39 is 0 Å². The van der Waals surface area contributed by atoms with Gasteiger partial charge in [-0.1, -0.05) is 146 Å². The van der Waals surface area contributed by atoms with Crippen LogP contribution in [0.1, 0.15) is 18.1 Å². The number of nitrogens with zero attached hydrogens (tertiary/aromatic N) is 2. The van der Waals surface area contributed by atoms with Crippen LogP contribution in [0.4, 0.5) is 0 Å². The summed E-state index contributed by atoms with van der Waals surface area (Å²) in [6.45, 7) is 4.25. The van der Waals surface area contributed by atoms with E-state index in [-0.39, 0.29) is 0 Å². The van der Waals surface area contributed by atoms with Gasteiger partial charge >= 0.3 is 0 Å². The van der Waals surface area contributed by atoms with Crippen molar-refractivity contribution >= 4 is 44.2 Å². The third-order valence-electron chi connectivity index (χ3n) is 9.14. The minimum absolute atomic E-state index is 0.970. The highest BCUT2D eigenvalue weighted by Crippen LogP contribution is 2.40. The molecular formula is C45H34N2. The second-order valence-electron chi connectivity index (χ2n) is 12.0. The minimum atomic E-state index is 0.970. The fourth-order valence-corrected chi connectivity index (χ4v) is 6.78. The lowest BCUT2D eigenvalue weighted by Gasteiger charge is -2.13. The van der Waals surface area contributed by atoms with E-state index in [9.17, 15) is 0 Å². The first-order chi connectivity index (χ1) is 23.2. The van der Waals surface area contributed by atoms with Crippen molar-refractivity contribution in [2.45, 2.75) is 13.8 Å². The van der Waals surface area contributed by atoms with Crippen LogP contribution < -0.4 is 0 Å². The van der Waals surface area contributed by atoms with Crippen LogP contribution >= 0.6 is 0 Å². The Kier molecular flexibility index (Phi) is 7.32. The molecule has 0 spiro atoms. The molecule has 0 aliphatic carbocycles. The molecule has 0 aliphatic heterocycles. The first kappa shape index (κ1) is 28.5. The molecule has 0 aliphatic rings. The van der Waals surface area contributed by atoms with Crippen molar-refractivity contribution in [3.05, 3.63) is 175 Å². The first-order valence-electron chi connectivity index (χ1n) is 16.2. The first-order valence-corrected chi connectivity index (χ1v) is 16.2. The van der Waals surface area contributed by atoms with Gasteiger partial charge < -0.3 is 0 Å². The number of imidazole rings is 1. The molecule has 0 N–H and O–H groups in total. The molecule has 8 rings (SSSR count). The van der Waals surface area contributed by atoms with Crippen LogP contribution in [-0.2, 0) is 0 Å². The maximum atomic E-state index is 5.39. The Morgan fingerprint density at radius 2 is 1.19 bits per heavy atom. The number of rotatable bonds is 6. The highest BCUT2D eigenvalue weighted by Gasteiger charge is 2.20. The lowest BCUT2D eigenvalue weighted by Crippen LogP contribution is -1.94. The molecule has 0 bridgehead atoms. The van der Waals surface area contributed by atoms with Gasteiger partial charge in [0.15, 0.2) is 0 Å². The van der Waals surface area contributed by atoms with Crippen LogP contribution in [0.25, 0.3) is 77.8 Å². The van der Waals surface area contributed by atoms with Crippen molar-refractivity contribution in [2.24, 2.45) is 0 Å². The Morgan fingerprint density at radius 3 is 1.98 bits per heavy atom. The Bertz CT molecular complexity index is 2510. The summed E-state index contributed by atoms with van der Waals surface area (Å²) in [5, 5.41) is 6.08. The monoisotopic (exact) mass is 602 g/mol. The largest absolute Gasteiger partial charge is 0.291 e. The smallest absolute Gasteiger partial charge is 0.146 e. The molecule has 0 saturated carbocycles. The summed E-state index contributed by atoms with van der Waals surface area (Å²) in [5.74, 6) is 0. The van der Waals surface area contributed by atoms with E-state index in [0.717, 1.165) is 39.1 Å². The molecule has 2 aromatic heterocycles. The van der Waals surface area contributed by atoms with Gasteiger partial charge in [0.2, 0.25) is 0 Å². The van der Waals surface area contributed by atoms with Gasteiger partial charge in [-0.05, 0) is 76.5 Å². The standard InChI is InChI=1S/C45H34N2/c1-3-4-5-6-9-16-32-23-24-33-25-26-36(29-40(33)31(32)2)37-27-28-39-41(30-37)38-21-14-15-22-42(38)47-44(35-19-12-8-13-20-35)43(46-45(39)47)34-17-10-7-11-18-34/h3-30H,1-2H3/b4-3-,6-5+,16-9-. The number of hydrogen-bond donors (Lipinski definition) is 0. The lowest BCUT2D eigenvalue weighted by molar-refractivity contribution is 1.27. The minimum Gasteiger partial charge on any atom is -0.291 e. The molecular weight excluding hydrogens is 569 g/mol. The average molecular weight is 603 g/mol. The Balaban J connectivity index is 1.34. The van der Waals surface area contributed by atoms with E-state index in [4.69, 9.17) is 4.98 Å². The number of hydrogen-bond acceptors (Lipinski definition) is 1. The van der Waals surface area contributed by atoms with E-state index >= 15 is 0 Å². The molecule has 2 nitrogen and oxygen atoms in total. The van der Waals surface area contributed by atoms with Crippen molar-refractivity contribution in [1.29, 1.82) is 0 Å². The Morgan fingerprint density at radius 1 is 0.532 bits per heavy atom. The Hall–Kier alpha value is -5.99. The topological polar surface area (TPSA) is 17.3 Å². The second kappa shape index (κ2) is 12.1. The van der Waals surface area contributed by atoms with Crippen molar-refractivity contribution in [1.82, 2.24) is 9.38 Å². The maximum Gasteiger partial charge on any atom is 0.146 e.